The molecule has 7 aromatic carbocycles. The molecule has 4 nitrogen and oxygen atoms in total. The molecule has 0 spiro atoms. The van der Waals surface area contributed by atoms with E-state index in [0.29, 0.717) is 17.7 Å². The maximum atomic E-state index is 12.2. The van der Waals surface area contributed by atoms with Crippen molar-refractivity contribution in [3.05, 3.63) is 218 Å². The van der Waals surface area contributed by atoms with Crippen LogP contribution in [0, 0.1) is 0 Å². The minimum atomic E-state index is 0.227. The number of allylic oxidation sites excluding steroid dienone is 2. The molecule has 0 amide bonds. The van der Waals surface area contributed by atoms with Crippen LogP contribution in [-0.2, 0) is 12.8 Å². The Bertz CT molecular complexity index is 2730. The second-order valence-electron chi connectivity index (χ2n) is 13.9. The number of phenols is 1. The number of benzene rings is 7. The molecule has 2 aromatic heterocycles. The van der Waals surface area contributed by atoms with Gasteiger partial charge in [-0.1, -0.05) is 176 Å². The molecule has 0 bridgehead atoms. The van der Waals surface area contributed by atoms with Crippen LogP contribution in [0.3, 0.4) is 0 Å². The summed E-state index contributed by atoms with van der Waals surface area (Å²) >= 11 is 0. The van der Waals surface area contributed by atoms with E-state index in [1.807, 2.05) is 67.0 Å². The third kappa shape index (κ3) is 6.92. The Labute approximate surface area is 327 Å². The zero-order valence-electron chi connectivity index (χ0n) is 30.8. The second-order valence-corrected chi connectivity index (χ2v) is 13.9. The molecule has 2 heterocycles. The van der Waals surface area contributed by atoms with Gasteiger partial charge in [-0.05, 0) is 63.7 Å². The first-order valence-corrected chi connectivity index (χ1v) is 19.0. The number of nitrogens with zero attached hydrogens (tertiary/aromatic N) is 3. The van der Waals surface area contributed by atoms with Crippen molar-refractivity contribution in [3.8, 4) is 67.5 Å². The molecule has 9 aromatic rings. The highest BCUT2D eigenvalue weighted by Crippen LogP contribution is 2.42. The first-order chi connectivity index (χ1) is 27.7. The van der Waals surface area contributed by atoms with Gasteiger partial charge in [-0.3, -0.25) is 9.55 Å². The van der Waals surface area contributed by atoms with Gasteiger partial charge in [-0.2, -0.15) is 0 Å². The molecule has 0 aliphatic rings. The molecule has 0 fully saturated rings. The maximum absolute atomic E-state index is 12.2. The van der Waals surface area contributed by atoms with Gasteiger partial charge >= 0.3 is 0 Å². The van der Waals surface area contributed by atoms with E-state index in [0.717, 1.165) is 67.8 Å². The summed E-state index contributed by atoms with van der Waals surface area (Å²) in [6.45, 7) is 0. The summed E-state index contributed by atoms with van der Waals surface area (Å²) in [5.74, 6) is 1.01. The van der Waals surface area contributed by atoms with Crippen molar-refractivity contribution in [2.75, 3.05) is 0 Å². The Hall–Kier alpha value is -7.30. The fourth-order valence-corrected chi connectivity index (χ4v) is 7.58. The van der Waals surface area contributed by atoms with E-state index < -0.39 is 0 Å². The average molecular weight is 722 g/mol. The maximum Gasteiger partial charge on any atom is 0.145 e. The molecular weight excluding hydrogens is 683 g/mol. The average Bonchev–Trinajstić information content (AvgIpc) is 3.71. The van der Waals surface area contributed by atoms with Crippen LogP contribution in [-0.4, -0.2) is 19.6 Å². The standard InChI is InChI=1S/C52H39N3O/c56-51-41(26-13-14-27-42-34-53-35-43-28-15-16-29-45(42)43)32-44(37-18-5-1-6-19-37)33-48(51)49-36-55(52(54-49)40-24-11-4-12-25-40)50-46(38-20-7-2-8-21-38)30-17-31-47(50)39-22-9-3-10-23-39/h1-25,28-36,56H,26-27H2/b14-13-. The first kappa shape index (κ1) is 34.5. The van der Waals surface area contributed by atoms with E-state index in [2.05, 4.69) is 149 Å². The summed E-state index contributed by atoms with van der Waals surface area (Å²) < 4.78 is 2.21. The van der Waals surface area contributed by atoms with E-state index >= 15 is 0 Å². The van der Waals surface area contributed by atoms with Gasteiger partial charge in [0, 0.05) is 46.2 Å². The van der Waals surface area contributed by atoms with Gasteiger partial charge in [-0.25, -0.2) is 4.98 Å². The number of phenolic OH excluding ortho intramolecular Hbond substituents is 1. The van der Waals surface area contributed by atoms with Gasteiger partial charge in [-0.15, -0.1) is 0 Å². The van der Waals surface area contributed by atoms with E-state index in [-0.39, 0.29) is 5.75 Å². The minimum absolute atomic E-state index is 0.227. The highest BCUT2D eigenvalue weighted by Gasteiger charge is 2.22. The van der Waals surface area contributed by atoms with Crippen LogP contribution in [0.5, 0.6) is 5.75 Å². The molecule has 0 saturated carbocycles. The topological polar surface area (TPSA) is 50.9 Å². The number of aromatic nitrogens is 3. The molecule has 0 aliphatic heterocycles. The van der Waals surface area contributed by atoms with Crippen molar-refractivity contribution in [1.82, 2.24) is 14.5 Å². The predicted octanol–water partition coefficient (Wildman–Crippen LogP) is 12.8. The second kappa shape index (κ2) is 15.6. The summed E-state index contributed by atoms with van der Waals surface area (Å²) in [5.41, 5.74) is 11.9. The first-order valence-electron chi connectivity index (χ1n) is 19.0. The van der Waals surface area contributed by atoms with E-state index in [9.17, 15) is 5.11 Å². The van der Waals surface area contributed by atoms with Crippen molar-refractivity contribution in [2.24, 2.45) is 0 Å². The molecular formula is C52H39N3O. The lowest BCUT2D eigenvalue weighted by Crippen LogP contribution is -2.02. The van der Waals surface area contributed by atoms with Gasteiger partial charge < -0.3 is 5.11 Å². The number of hydrogen-bond acceptors (Lipinski definition) is 3. The smallest absolute Gasteiger partial charge is 0.145 e. The van der Waals surface area contributed by atoms with Crippen LogP contribution in [0.2, 0.25) is 0 Å². The minimum Gasteiger partial charge on any atom is -0.507 e. The predicted molar refractivity (Wildman–Crippen MR) is 231 cm³/mol. The Kier molecular flexibility index (Phi) is 9.59. The number of para-hydroxylation sites is 1. The summed E-state index contributed by atoms with van der Waals surface area (Å²) in [5, 5.41) is 14.5. The zero-order chi connectivity index (χ0) is 37.7. The SMILES string of the molecule is Oc1c(C/C=C\Cc2cncc3ccccc23)cc(-c2ccccc2)cc1-c1cn(-c2c(-c3ccccc3)cccc2-c2ccccc2)c(-c2ccccc2)n1. The lowest BCUT2D eigenvalue weighted by molar-refractivity contribution is 0.471. The van der Waals surface area contributed by atoms with Crippen LogP contribution in [0.25, 0.3) is 72.5 Å². The largest absolute Gasteiger partial charge is 0.507 e. The van der Waals surface area contributed by atoms with Crippen LogP contribution in [0.4, 0.5) is 0 Å². The normalized spacial score (nSPS) is 11.4. The molecule has 0 atom stereocenters. The molecule has 268 valence electrons. The summed E-state index contributed by atoms with van der Waals surface area (Å²) in [4.78, 5) is 9.85. The number of imidazole rings is 1. The van der Waals surface area contributed by atoms with Crippen LogP contribution in [0.1, 0.15) is 11.1 Å². The van der Waals surface area contributed by atoms with Gasteiger partial charge in [0.15, 0.2) is 0 Å². The van der Waals surface area contributed by atoms with Crippen molar-refractivity contribution in [1.29, 1.82) is 0 Å². The molecule has 0 saturated heterocycles. The summed E-state index contributed by atoms with van der Waals surface area (Å²) in [7, 11) is 0. The molecule has 0 unspecified atom stereocenters. The van der Waals surface area contributed by atoms with Crippen molar-refractivity contribution >= 4 is 10.8 Å². The Morgan fingerprint density at radius 1 is 0.482 bits per heavy atom. The van der Waals surface area contributed by atoms with Crippen LogP contribution >= 0.6 is 0 Å². The third-order valence-electron chi connectivity index (χ3n) is 10.3. The quantitative estimate of drug-likeness (QED) is 0.143. The summed E-state index contributed by atoms with van der Waals surface area (Å²) in [6, 6.07) is 60.7. The Balaban J connectivity index is 1.20. The fraction of sp³-hybridized carbons (Fsp3) is 0.0385. The lowest BCUT2D eigenvalue weighted by Gasteiger charge is -2.18. The number of hydrogen-bond donors (Lipinski definition) is 1. The highest BCUT2D eigenvalue weighted by molar-refractivity contribution is 5.88. The fourth-order valence-electron chi connectivity index (χ4n) is 7.58. The van der Waals surface area contributed by atoms with Gasteiger partial charge in [0.1, 0.15) is 11.6 Å². The van der Waals surface area contributed by atoms with Gasteiger partial charge in [0.05, 0.1) is 11.4 Å². The monoisotopic (exact) mass is 721 g/mol. The Morgan fingerprint density at radius 2 is 1.04 bits per heavy atom. The number of aromatic hydroxyl groups is 1. The van der Waals surface area contributed by atoms with Crippen LogP contribution < -0.4 is 0 Å². The zero-order valence-corrected chi connectivity index (χ0v) is 30.8. The molecule has 4 heteroatoms. The van der Waals surface area contributed by atoms with Crippen LogP contribution in [0.15, 0.2) is 207 Å². The number of pyridine rings is 1. The van der Waals surface area contributed by atoms with E-state index in [4.69, 9.17) is 4.98 Å². The molecule has 0 radical (unpaired) electrons. The molecule has 1 N–H and O–H groups in total. The van der Waals surface area contributed by atoms with Crippen molar-refractivity contribution in [3.63, 3.8) is 0 Å². The molecule has 0 aliphatic carbocycles. The van der Waals surface area contributed by atoms with Crippen molar-refractivity contribution < 1.29 is 5.11 Å². The lowest BCUT2D eigenvalue weighted by atomic mass is 9.95. The number of rotatable bonds is 10. The van der Waals surface area contributed by atoms with E-state index in [1.54, 1.807) is 0 Å². The number of fused-ring (bicyclic) bond motifs is 1. The van der Waals surface area contributed by atoms with Gasteiger partial charge in [0.2, 0.25) is 0 Å². The molecule has 56 heavy (non-hydrogen) atoms. The highest BCUT2D eigenvalue weighted by atomic mass is 16.3. The van der Waals surface area contributed by atoms with Gasteiger partial charge in [0.25, 0.3) is 0 Å². The Morgan fingerprint density at radius 3 is 1.68 bits per heavy atom. The third-order valence-corrected chi connectivity index (χ3v) is 10.3. The van der Waals surface area contributed by atoms with Crippen molar-refractivity contribution in [2.45, 2.75) is 12.8 Å². The molecule has 9 rings (SSSR count). The van der Waals surface area contributed by atoms with E-state index in [1.165, 1.54) is 10.9 Å². The summed E-state index contributed by atoms with van der Waals surface area (Å²) in [6.07, 6.45) is 11.6.